The van der Waals surface area contributed by atoms with E-state index in [9.17, 15) is 48.3 Å². The number of nitrogens with two attached hydrogens (primary N) is 11. The third kappa shape index (κ3) is 43.6. The van der Waals surface area contributed by atoms with Gasteiger partial charge in [0.1, 0.15) is 72.5 Å². The molecule has 128 heavy (non-hydrogen) atoms. The molecule has 2 heterocycles. The smallest absolute Gasteiger partial charge is 0.326 e. The molecular formula is C77H137N35O16. The third-order valence-electron chi connectivity index (χ3n) is 20.6. The first kappa shape index (κ1) is 109. The average molecular weight is 1810 g/mol. The Morgan fingerprint density at radius 1 is 0.367 bits per heavy atom. The third-order valence-corrected chi connectivity index (χ3v) is 20.6. The molecule has 0 aromatic heterocycles. The highest BCUT2D eigenvalue weighted by Gasteiger charge is 2.45. The number of hydrogen-bond donors (Lipinski definition) is 33. The molecule has 2 saturated heterocycles. The summed E-state index contributed by atoms with van der Waals surface area (Å²) in [6.07, 6.45) is -0.737. The predicted octanol–water partition coefficient (Wildman–Crippen LogP) is -10.2. The standard InChI is InChI=1S/C77H137N35O16/c78-32-6-4-18-46(102-60(116)45(101-59(115)42-80)20-8-34-94-72(83)84)61(117)103-47(19-5-7-33-79)62(118)104-50(24-12-39-99-77(93)100-43-44-16-2-1-3-17-44)64(120)105-49(22-10-36-96-74(87)88)65(121)108-52(28-30-57(81)113)67(123)107-48(21-9-35-95-73(85)86)63(119)106-51(23-11-37-97-75(89)90)66(122)109-53(25-13-38-98-76(91)92)69(125)112-41-15-27-56(112)70(126)111-40-14-26-55(111)68(124)110-54(71(127)128)29-31-58(82)114/h1-3,16-17,45-56H,4-15,18-43,78-80H2,(H2,81,113)(H2,82,114)(H,101,115)(H,102,116)(H,103,117)(H,104,118)(H,105,120)(H,106,119)(H,107,123)(H,108,121)(H,109,122)(H,110,124)(H,127,128)(H4,83,84,94)(H4,85,86,95)(H4,87,88,96)(H4,89,90,97)(H4,91,92,98)(H3,93,99,100)/t45-,46-,47-,48-,49-,50-,51-,52-,53-,54-,55-,56-/m0/s1. The van der Waals surface area contributed by atoms with E-state index in [1.165, 1.54) is 9.80 Å². The topological polar surface area (TPSA) is 893 Å². The van der Waals surface area contributed by atoms with Gasteiger partial charge in [0.15, 0.2) is 35.8 Å². The molecule has 2 fully saturated rings. The summed E-state index contributed by atoms with van der Waals surface area (Å²) in [5, 5.41) is 90.7. The van der Waals surface area contributed by atoms with Crippen molar-refractivity contribution in [3.63, 3.8) is 0 Å². The Labute approximate surface area is 742 Å². The number of carboxylic acids is 1. The largest absolute Gasteiger partial charge is 0.480 e. The Morgan fingerprint density at radius 3 is 1.01 bits per heavy atom. The molecule has 51 heteroatoms. The van der Waals surface area contributed by atoms with E-state index in [2.05, 4.69) is 90.1 Å². The fourth-order valence-electron chi connectivity index (χ4n) is 13.9. The molecule has 0 bridgehead atoms. The van der Waals surface area contributed by atoms with Crippen molar-refractivity contribution in [3.05, 3.63) is 35.9 Å². The summed E-state index contributed by atoms with van der Waals surface area (Å²) in [6, 6.07) is -8.53. The quantitative estimate of drug-likeness (QED) is 0.0164. The molecule has 0 radical (unpaired) electrons. The van der Waals surface area contributed by atoms with E-state index < -0.39 is 204 Å². The number of amides is 14. The summed E-state index contributed by atoms with van der Waals surface area (Å²) in [6.45, 7) is 0.136. The van der Waals surface area contributed by atoms with Gasteiger partial charge in [-0.1, -0.05) is 30.3 Å². The van der Waals surface area contributed by atoms with Crippen LogP contribution in [0.4, 0.5) is 0 Å². The molecule has 2 aliphatic rings. The maximum Gasteiger partial charge on any atom is 0.326 e. The summed E-state index contributed by atoms with van der Waals surface area (Å²) < 4.78 is 0. The van der Waals surface area contributed by atoms with Crippen LogP contribution >= 0.6 is 0 Å². The zero-order valence-corrected chi connectivity index (χ0v) is 72.4. The number of primary amides is 2. The maximum atomic E-state index is 15.2. The van der Waals surface area contributed by atoms with Crippen LogP contribution in [-0.4, -0.2) is 284 Å². The summed E-state index contributed by atoms with van der Waals surface area (Å²) in [5.74, 6) is -16.1. The molecule has 0 unspecified atom stereocenters. The lowest BCUT2D eigenvalue weighted by molar-refractivity contribution is -0.149. The number of carbonyl (C=O) groups excluding carboxylic acids is 14. The van der Waals surface area contributed by atoms with Gasteiger partial charge in [0.2, 0.25) is 82.7 Å². The second-order valence-corrected chi connectivity index (χ2v) is 30.8. The highest BCUT2D eigenvalue weighted by molar-refractivity contribution is 6.00. The van der Waals surface area contributed by atoms with Crippen molar-refractivity contribution in [2.75, 3.05) is 72.0 Å². The molecule has 1 aromatic carbocycles. The first-order valence-electron chi connectivity index (χ1n) is 42.9. The van der Waals surface area contributed by atoms with E-state index in [0.717, 1.165) is 5.56 Å². The van der Waals surface area contributed by atoms with Gasteiger partial charge in [-0.3, -0.25) is 94.2 Å². The number of nitrogens with zero attached hydrogens (tertiary/aromatic N) is 3. The van der Waals surface area contributed by atoms with E-state index in [-0.39, 0.29) is 212 Å². The van der Waals surface area contributed by atoms with Gasteiger partial charge in [-0.25, -0.2) is 9.79 Å². The predicted molar refractivity (Wildman–Crippen MR) is 473 cm³/mol. The average Bonchev–Trinajstić information content (AvgIpc) is 1.65. The number of carboxylic acid groups (broad SMARTS) is 1. The lowest BCUT2D eigenvalue weighted by atomic mass is 10.0. The van der Waals surface area contributed by atoms with Crippen LogP contribution in [0.5, 0.6) is 0 Å². The van der Waals surface area contributed by atoms with Crippen molar-refractivity contribution >= 4 is 124 Å². The van der Waals surface area contributed by atoms with E-state index in [4.69, 9.17) is 90.1 Å². The molecule has 12 atom stereocenters. The van der Waals surface area contributed by atoms with E-state index in [1.807, 2.05) is 30.3 Å². The molecule has 2 aliphatic heterocycles. The fourth-order valence-corrected chi connectivity index (χ4v) is 13.9. The van der Waals surface area contributed by atoms with Crippen LogP contribution in [0.15, 0.2) is 35.3 Å². The normalized spacial score (nSPS) is 15.8. The number of hydrogen-bond acceptors (Lipinski definition) is 24. The molecule has 0 saturated carbocycles. The van der Waals surface area contributed by atoms with Crippen molar-refractivity contribution in [3.8, 4) is 0 Å². The Bertz CT molecular complexity index is 3900. The Balaban J connectivity index is 2.16. The number of unbranched alkanes of at least 4 members (excludes halogenated alkanes) is 2. The van der Waals surface area contributed by atoms with Crippen LogP contribution < -0.4 is 148 Å². The van der Waals surface area contributed by atoms with Gasteiger partial charge in [0, 0.05) is 65.2 Å². The van der Waals surface area contributed by atoms with Gasteiger partial charge in [0.25, 0.3) is 0 Å². The van der Waals surface area contributed by atoms with Gasteiger partial charge in [-0.2, -0.15) is 0 Å². The first-order chi connectivity index (χ1) is 60.9. The molecule has 3 rings (SSSR count). The highest BCUT2D eigenvalue weighted by atomic mass is 16.4. The Morgan fingerprint density at radius 2 is 0.672 bits per heavy atom. The van der Waals surface area contributed by atoms with E-state index >= 15 is 28.8 Å². The van der Waals surface area contributed by atoms with Crippen molar-refractivity contribution in [1.82, 2.24) is 94.9 Å². The summed E-state index contributed by atoms with van der Waals surface area (Å²) >= 11 is 0. The zero-order chi connectivity index (χ0) is 95.2. The Kier molecular flexibility index (Phi) is 51.4. The number of nitrogens with one attached hydrogen (secondary N) is 21. The lowest BCUT2D eigenvalue weighted by Crippen LogP contribution is -2.61. The van der Waals surface area contributed by atoms with E-state index in [1.54, 1.807) is 0 Å². The Hall–Kier alpha value is -13.2. The van der Waals surface area contributed by atoms with Gasteiger partial charge in [0.05, 0.1) is 13.1 Å². The molecule has 14 amide bonds. The van der Waals surface area contributed by atoms with Crippen LogP contribution in [-0.2, 0) is 78.5 Å². The van der Waals surface area contributed by atoms with Crippen LogP contribution in [0.3, 0.4) is 0 Å². The van der Waals surface area contributed by atoms with Crippen molar-refractivity contribution in [1.29, 1.82) is 27.0 Å². The fraction of sp³-hybridized carbons (Fsp3) is 0.649. The minimum absolute atomic E-state index is 0.00162. The minimum atomic E-state index is -1.79. The number of likely N-dealkylation sites (tertiary alicyclic amines) is 2. The second-order valence-electron chi connectivity index (χ2n) is 30.8. The highest BCUT2D eigenvalue weighted by Crippen LogP contribution is 2.27. The summed E-state index contributed by atoms with van der Waals surface area (Å²) in [4.78, 5) is 218. The molecule has 1 aromatic rings. The van der Waals surface area contributed by atoms with Crippen LogP contribution in [0.1, 0.15) is 173 Å². The van der Waals surface area contributed by atoms with Gasteiger partial charge in [-0.15, -0.1) is 0 Å². The number of rotatable bonds is 63. The first-order valence-corrected chi connectivity index (χ1v) is 42.9. The molecule has 51 nitrogen and oxygen atoms in total. The molecule has 0 aliphatic carbocycles. The second kappa shape index (κ2) is 60.4. The van der Waals surface area contributed by atoms with Gasteiger partial charge < -0.3 is 163 Å². The number of aliphatic carboxylic acids is 1. The molecule has 716 valence electrons. The lowest BCUT2D eigenvalue weighted by Gasteiger charge is -2.33. The number of aliphatic imine (C=N–C) groups is 1. The summed E-state index contributed by atoms with van der Waals surface area (Å²) in [5.41, 5.74) is 63.1. The van der Waals surface area contributed by atoms with Crippen LogP contribution in [0, 0.1) is 27.0 Å². The maximum absolute atomic E-state index is 15.2. The van der Waals surface area contributed by atoms with Gasteiger partial charge >= 0.3 is 5.97 Å². The minimum Gasteiger partial charge on any atom is -0.480 e. The van der Waals surface area contributed by atoms with Crippen LogP contribution in [0.2, 0.25) is 0 Å². The van der Waals surface area contributed by atoms with Crippen molar-refractivity contribution in [2.24, 2.45) is 68.1 Å². The number of guanidine groups is 6. The monoisotopic (exact) mass is 1810 g/mol. The molecular weight excluding hydrogens is 1670 g/mol. The van der Waals surface area contributed by atoms with Crippen molar-refractivity contribution < 1.29 is 77.0 Å². The molecule has 0 spiro atoms. The van der Waals surface area contributed by atoms with Crippen LogP contribution in [0.25, 0.3) is 0 Å². The number of carbonyl (C=O) groups is 15. The van der Waals surface area contributed by atoms with E-state index in [0.29, 0.717) is 25.7 Å². The molecule has 44 N–H and O–H groups in total. The SMILES string of the molecule is N=C(N)NCCC[C@H](NC(=O)CN)C(=O)N[C@@H](CCCCN)C(=O)N[C@@H](CCCCN)C(=O)N[C@@H](CCCNC(N)=NCc1ccccc1)C(=O)N[C@@H](CCCNC(=N)N)C(=O)N[C@@H](CCC(N)=O)C(=O)N[C@@H](CCCNC(=N)N)C(=O)N[C@@H](CCCNC(=N)N)C(=O)N[C@@H](CCCNC(=N)N)C(=O)N1CCC[C@H]1C(=O)N1CCC[C@H]1C(=O)N[C@@H](CCC(N)=O)C(=O)O. The number of benzene rings is 1. The van der Waals surface area contributed by atoms with Gasteiger partial charge in [-0.05, 0) is 173 Å². The zero-order valence-electron chi connectivity index (χ0n) is 72.4. The summed E-state index contributed by atoms with van der Waals surface area (Å²) in [7, 11) is 0. The van der Waals surface area contributed by atoms with Crippen molar-refractivity contribution in [2.45, 2.75) is 246 Å².